The molecule has 0 fully saturated rings. The van der Waals surface area contributed by atoms with E-state index in [0.29, 0.717) is 10.7 Å². The third-order valence-electron chi connectivity index (χ3n) is 3.71. The number of hydrogen-bond acceptors (Lipinski definition) is 2. The van der Waals surface area contributed by atoms with Crippen LogP contribution < -0.4 is 5.32 Å². The Labute approximate surface area is 168 Å². The van der Waals surface area contributed by atoms with Gasteiger partial charge in [0.25, 0.3) is 0 Å². The van der Waals surface area contributed by atoms with Crippen molar-refractivity contribution in [3.63, 3.8) is 0 Å². The lowest BCUT2D eigenvalue weighted by Crippen LogP contribution is -2.07. The highest BCUT2D eigenvalue weighted by atomic mass is 35.5. The van der Waals surface area contributed by atoms with Crippen LogP contribution in [0.25, 0.3) is 17.4 Å². The number of nitrogens with one attached hydrogen (secondary N) is 1. The van der Waals surface area contributed by atoms with E-state index in [1.807, 2.05) is 0 Å². The maximum absolute atomic E-state index is 13.1. The van der Waals surface area contributed by atoms with Gasteiger partial charge in [0.15, 0.2) is 0 Å². The maximum Gasteiger partial charge on any atom is 0.417 e. The molecule has 0 aliphatic rings. The Hall–Kier alpha value is -2.70. The number of amides is 1. The minimum atomic E-state index is -4.50. The molecule has 1 amide bonds. The van der Waals surface area contributed by atoms with Crippen LogP contribution in [0.3, 0.4) is 0 Å². The lowest BCUT2D eigenvalue weighted by atomic mass is 10.1. The fraction of sp³-hybridized carbons (Fsp3) is 0.0500. The summed E-state index contributed by atoms with van der Waals surface area (Å²) in [5.74, 6) is -0.212. The van der Waals surface area contributed by atoms with Gasteiger partial charge in [-0.3, -0.25) is 4.79 Å². The van der Waals surface area contributed by atoms with Crippen molar-refractivity contribution in [1.29, 1.82) is 0 Å². The third kappa shape index (κ3) is 4.77. The molecule has 0 unspecified atom stereocenters. The average Bonchev–Trinajstić information content (AvgIpc) is 3.11. The SMILES string of the molecule is O=C(/C=C/c1ccc(-c2ccccc2C(F)(F)F)o1)Nc1ccc(Cl)cc1Cl. The summed E-state index contributed by atoms with van der Waals surface area (Å²) in [5, 5.41) is 3.28. The predicted molar refractivity (Wildman–Crippen MR) is 103 cm³/mol. The molecule has 8 heteroatoms. The number of rotatable bonds is 4. The van der Waals surface area contributed by atoms with Crippen LogP contribution in [0, 0.1) is 0 Å². The molecule has 3 nitrogen and oxygen atoms in total. The Kier molecular flexibility index (Phi) is 5.82. The van der Waals surface area contributed by atoms with E-state index in [9.17, 15) is 18.0 Å². The van der Waals surface area contributed by atoms with Gasteiger partial charge >= 0.3 is 6.18 Å². The van der Waals surface area contributed by atoms with Gasteiger partial charge in [0.2, 0.25) is 5.91 Å². The maximum atomic E-state index is 13.1. The average molecular weight is 426 g/mol. The quantitative estimate of drug-likeness (QED) is 0.460. The van der Waals surface area contributed by atoms with Crippen LogP contribution in [-0.4, -0.2) is 5.91 Å². The van der Waals surface area contributed by atoms with Gasteiger partial charge in [-0.15, -0.1) is 0 Å². The molecule has 0 saturated carbocycles. The van der Waals surface area contributed by atoms with Crippen molar-refractivity contribution in [3.8, 4) is 11.3 Å². The van der Waals surface area contributed by atoms with E-state index in [4.69, 9.17) is 27.6 Å². The Morgan fingerprint density at radius 1 is 1.04 bits per heavy atom. The van der Waals surface area contributed by atoms with E-state index < -0.39 is 17.6 Å². The summed E-state index contributed by atoms with van der Waals surface area (Å²) in [6.07, 6.45) is -1.97. The molecule has 28 heavy (non-hydrogen) atoms. The van der Waals surface area contributed by atoms with E-state index in [1.165, 1.54) is 48.6 Å². The molecule has 144 valence electrons. The zero-order valence-corrected chi connectivity index (χ0v) is 15.6. The zero-order valence-electron chi connectivity index (χ0n) is 14.1. The molecule has 2 aromatic carbocycles. The largest absolute Gasteiger partial charge is 0.457 e. The number of benzene rings is 2. The first-order valence-corrected chi connectivity index (χ1v) is 8.70. The highest BCUT2D eigenvalue weighted by molar-refractivity contribution is 6.36. The molecule has 3 rings (SSSR count). The van der Waals surface area contributed by atoms with Gasteiger partial charge in [0.05, 0.1) is 16.3 Å². The second-order valence-electron chi connectivity index (χ2n) is 5.69. The third-order valence-corrected chi connectivity index (χ3v) is 4.26. The van der Waals surface area contributed by atoms with Crippen LogP contribution in [0.15, 0.2) is 65.1 Å². The number of carbonyl (C=O) groups is 1. The van der Waals surface area contributed by atoms with Gasteiger partial charge in [-0.25, -0.2) is 0 Å². The summed E-state index contributed by atoms with van der Waals surface area (Å²) in [6.45, 7) is 0. The van der Waals surface area contributed by atoms with Crippen molar-refractivity contribution < 1.29 is 22.4 Å². The topological polar surface area (TPSA) is 42.2 Å². The predicted octanol–water partition coefficient (Wildman–Crippen LogP) is 6.92. The smallest absolute Gasteiger partial charge is 0.417 e. The van der Waals surface area contributed by atoms with Crippen molar-refractivity contribution in [3.05, 3.63) is 82.0 Å². The Morgan fingerprint density at radius 3 is 2.50 bits per heavy atom. The molecule has 1 heterocycles. The molecule has 1 N–H and O–H groups in total. The number of carbonyl (C=O) groups excluding carboxylic acids is 1. The summed E-state index contributed by atoms with van der Waals surface area (Å²) < 4.78 is 44.8. The number of alkyl halides is 3. The highest BCUT2D eigenvalue weighted by Crippen LogP contribution is 2.37. The molecule has 0 spiro atoms. The number of hydrogen-bond donors (Lipinski definition) is 1. The summed E-state index contributed by atoms with van der Waals surface area (Å²) in [7, 11) is 0. The molecule has 0 radical (unpaired) electrons. The summed E-state index contributed by atoms with van der Waals surface area (Å²) in [6, 6.07) is 12.6. The van der Waals surface area contributed by atoms with E-state index in [2.05, 4.69) is 5.32 Å². The monoisotopic (exact) mass is 425 g/mol. The standard InChI is InChI=1S/C20H12Cl2F3NO2/c21-12-5-8-17(16(22)11-12)26-19(27)10-7-13-6-9-18(28-13)14-3-1-2-4-15(14)20(23,24)25/h1-11H,(H,26,27)/b10-7+. The van der Waals surface area contributed by atoms with Gasteiger partial charge in [-0.05, 0) is 42.5 Å². The molecule has 0 bridgehead atoms. The fourth-order valence-corrected chi connectivity index (χ4v) is 2.91. The molecule has 0 saturated heterocycles. The lowest BCUT2D eigenvalue weighted by Gasteiger charge is -2.10. The molecular weight excluding hydrogens is 414 g/mol. The van der Waals surface area contributed by atoms with Crippen LogP contribution in [0.1, 0.15) is 11.3 Å². The van der Waals surface area contributed by atoms with Crippen LogP contribution >= 0.6 is 23.2 Å². The van der Waals surface area contributed by atoms with Crippen molar-refractivity contribution in [2.75, 3.05) is 5.32 Å². The first kappa shape index (κ1) is 20.0. The molecule has 1 aromatic heterocycles. The van der Waals surface area contributed by atoms with Gasteiger partial charge in [-0.2, -0.15) is 13.2 Å². The second-order valence-corrected chi connectivity index (χ2v) is 6.54. The van der Waals surface area contributed by atoms with Gasteiger partial charge in [0, 0.05) is 16.7 Å². The fourth-order valence-electron chi connectivity index (χ4n) is 2.46. The zero-order chi connectivity index (χ0) is 20.3. The van der Waals surface area contributed by atoms with E-state index >= 15 is 0 Å². The van der Waals surface area contributed by atoms with Gasteiger partial charge in [0.1, 0.15) is 11.5 Å². The molecule has 0 aliphatic carbocycles. The van der Waals surface area contributed by atoms with Crippen molar-refractivity contribution in [1.82, 2.24) is 0 Å². The normalized spacial score (nSPS) is 11.8. The van der Waals surface area contributed by atoms with Gasteiger partial charge in [-0.1, -0.05) is 41.4 Å². The molecular formula is C20H12Cl2F3NO2. The first-order valence-electron chi connectivity index (χ1n) is 7.94. The Bertz CT molecular complexity index is 1040. The number of furan rings is 1. The minimum absolute atomic E-state index is 0.0497. The summed E-state index contributed by atoms with van der Waals surface area (Å²) in [5.41, 5.74) is -0.498. The minimum Gasteiger partial charge on any atom is -0.457 e. The van der Waals surface area contributed by atoms with Crippen LogP contribution in [0.2, 0.25) is 10.0 Å². The van der Waals surface area contributed by atoms with E-state index in [1.54, 1.807) is 12.1 Å². The molecule has 0 atom stereocenters. The van der Waals surface area contributed by atoms with Gasteiger partial charge < -0.3 is 9.73 Å². The first-order chi connectivity index (χ1) is 13.2. The van der Waals surface area contributed by atoms with Crippen LogP contribution in [0.4, 0.5) is 18.9 Å². The van der Waals surface area contributed by atoms with Crippen molar-refractivity contribution in [2.45, 2.75) is 6.18 Å². The Balaban J connectivity index is 1.75. The number of halogens is 5. The van der Waals surface area contributed by atoms with Crippen molar-refractivity contribution in [2.24, 2.45) is 0 Å². The lowest BCUT2D eigenvalue weighted by molar-refractivity contribution is -0.137. The highest BCUT2D eigenvalue weighted by Gasteiger charge is 2.34. The van der Waals surface area contributed by atoms with Crippen LogP contribution in [-0.2, 0) is 11.0 Å². The summed E-state index contributed by atoms with van der Waals surface area (Å²) in [4.78, 5) is 12.0. The van der Waals surface area contributed by atoms with Crippen molar-refractivity contribution >= 4 is 40.9 Å². The number of anilines is 1. The summed E-state index contributed by atoms with van der Waals surface area (Å²) >= 11 is 11.8. The molecule has 3 aromatic rings. The van der Waals surface area contributed by atoms with E-state index in [-0.39, 0.29) is 22.1 Å². The second kappa shape index (κ2) is 8.12. The molecule has 0 aliphatic heterocycles. The van der Waals surface area contributed by atoms with Crippen LogP contribution in [0.5, 0.6) is 0 Å². The Morgan fingerprint density at radius 2 is 1.79 bits per heavy atom. The van der Waals surface area contributed by atoms with E-state index in [0.717, 1.165) is 6.07 Å².